The number of likely N-dealkylation sites (tertiary alicyclic amines) is 2. The molecule has 2 aliphatic heterocycles. The van der Waals surface area contributed by atoms with Gasteiger partial charge in [0.05, 0.1) is 11.6 Å². The van der Waals surface area contributed by atoms with E-state index in [1.165, 1.54) is 4.90 Å². The Balaban J connectivity index is 1.52. The highest BCUT2D eigenvalue weighted by atomic mass is 16.2. The number of amides is 3. The Bertz CT molecular complexity index is 715. The Morgan fingerprint density at radius 2 is 1.80 bits per heavy atom. The van der Waals surface area contributed by atoms with E-state index in [1.54, 1.807) is 24.3 Å². The van der Waals surface area contributed by atoms with Crippen LogP contribution >= 0.6 is 0 Å². The van der Waals surface area contributed by atoms with Crippen molar-refractivity contribution >= 4 is 23.4 Å². The molecule has 0 aromatic heterocycles. The third kappa shape index (κ3) is 3.79. The number of anilines is 1. The molecule has 7 nitrogen and oxygen atoms in total. The molecular formula is C18H20N4O3. The highest BCUT2D eigenvalue weighted by Crippen LogP contribution is 2.22. The fraction of sp³-hybridized carbons (Fsp3) is 0.444. The summed E-state index contributed by atoms with van der Waals surface area (Å²) >= 11 is 0. The van der Waals surface area contributed by atoms with Crippen molar-refractivity contribution in [3.63, 3.8) is 0 Å². The highest BCUT2D eigenvalue weighted by molar-refractivity contribution is 6.39. The molecule has 2 heterocycles. The number of hydrogen-bond acceptors (Lipinski definition) is 4. The summed E-state index contributed by atoms with van der Waals surface area (Å²) in [5.41, 5.74) is 0.970. The van der Waals surface area contributed by atoms with Crippen molar-refractivity contribution < 1.29 is 14.4 Å². The van der Waals surface area contributed by atoms with Gasteiger partial charge in [0.1, 0.15) is 0 Å². The van der Waals surface area contributed by atoms with Crippen LogP contribution in [0.5, 0.6) is 0 Å². The zero-order valence-electron chi connectivity index (χ0n) is 13.9. The zero-order valence-corrected chi connectivity index (χ0v) is 13.9. The van der Waals surface area contributed by atoms with Gasteiger partial charge in [-0.05, 0) is 43.5 Å². The van der Waals surface area contributed by atoms with Gasteiger partial charge in [-0.15, -0.1) is 0 Å². The summed E-state index contributed by atoms with van der Waals surface area (Å²) in [6, 6.07) is 8.53. The van der Waals surface area contributed by atoms with Gasteiger partial charge >= 0.3 is 11.8 Å². The third-order valence-electron chi connectivity index (χ3n) is 4.77. The lowest BCUT2D eigenvalue weighted by molar-refractivity contribution is -0.144. The first-order chi connectivity index (χ1) is 12.1. The summed E-state index contributed by atoms with van der Waals surface area (Å²) in [6.45, 7) is 1.76. The minimum atomic E-state index is -0.680. The molecule has 1 N–H and O–H groups in total. The molecule has 2 saturated heterocycles. The first kappa shape index (κ1) is 17.0. The maximum atomic E-state index is 12.3. The van der Waals surface area contributed by atoms with Crippen molar-refractivity contribution in [3.05, 3.63) is 29.8 Å². The Morgan fingerprint density at radius 3 is 2.36 bits per heavy atom. The number of benzene rings is 1. The molecule has 0 aliphatic carbocycles. The fourth-order valence-electron chi connectivity index (χ4n) is 3.39. The standard InChI is InChI=1S/C18H20N4O3/c19-12-13-3-5-14(6-4-13)20-17(24)18(25)21-10-7-15(8-11-21)22-9-1-2-16(22)23/h3-6,15H,1-2,7-11H2,(H,20,24). The molecular weight excluding hydrogens is 320 g/mol. The Morgan fingerprint density at radius 1 is 1.12 bits per heavy atom. The molecule has 0 radical (unpaired) electrons. The van der Waals surface area contributed by atoms with Crippen LogP contribution in [0, 0.1) is 11.3 Å². The molecule has 130 valence electrons. The summed E-state index contributed by atoms with van der Waals surface area (Å²) in [4.78, 5) is 39.7. The molecule has 1 aromatic carbocycles. The minimum Gasteiger partial charge on any atom is -0.340 e. The Kier molecular flexibility index (Phi) is 4.98. The summed E-state index contributed by atoms with van der Waals surface area (Å²) < 4.78 is 0. The van der Waals surface area contributed by atoms with E-state index in [4.69, 9.17) is 5.26 Å². The molecule has 2 aliphatic rings. The van der Waals surface area contributed by atoms with Crippen molar-refractivity contribution in [1.29, 1.82) is 5.26 Å². The molecule has 0 spiro atoms. The van der Waals surface area contributed by atoms with Crippen molar-refractivity contribution in [2.45, 2.75) is 31.7 Å². The number of nitrogens with one attached hydrogen (secondary N) is 1. The molecule has 3 amide bonds. The van der Waals surface area contributed by atoms with E-state index in [-0.39, 0.29) is 11.9 Å². The Hall–Kier alpha value is -2.88. The van der Waals surface area contributed by atoms with E-state index in [0.717, 1.165) is 13.0 Å². The lowest BCUT2D eigenvalue weighted by atomic mass is 10.0. The summed E-state index contributed by atoms with van der Waals surface area (Å²) in [6.07, 6.45) is 2.94. The molecule has 25 heavy (non-hydrogen) atoms. The molecule has 0 saturated carbocycles. The van der Waals surface area contributed by atoms with Crippen LogP contribution < -0.4 is 5.32 Å². The second-order valence-corrected chi connectivity index (χ2v) is 6.36. The van der Waals surface area contributed by atoms with Crippen molar-refractivity contribution in [2.24, 2.45) is 0 Å². The van der Waals surface area contributed by atoms with E-state index in [9.17, 15) is 14.4 Å². The number of nitrogens with zero attached hydrogens (tertiary/aromatic N) is 3. The van der Waals surface area contributed by atoms with Gasteiger partial charge in [0.25, 0.3) is 0 Å². The van der Waals surface area contributed by atoms with Crippen LogP contribution in [0.2, 0.25) is 0 Å². The van der Waals surface area contributed by atoms with E-state index < -0.39 is 11.8 Å². The predicted molar refractivity (Wildman–Crippen MR) is 90.3 cm³/mol. The number of rotatable bonds is 2. The van der Waals surface area contributed by atoms with Crippen LogP contribution in [0.4, 0.5) is 5.69 Å². The second kappa shape index (κ2) is 7.34. The third-order valence-corrected chi connectivity index (χ3v) is 4.77. The maximum Gasteiger partial charge on any atom is 0.313 e. The van der Waals surface area contributed by atoms with E-state index in [1.807, 2.05) is 11.0 Å². The van der Waals surface area contributed by atoms with Gasteiger partial charge in [-0.1, -0.05) is 0 Å². The monoisotopic (exact) mass is 340 g/mol. The summed E-state index contributed by atoms with van der Waals surface area (Å²) in [5, 5.41) is 11.3. The molecule has 1 aromatic rings. The number of nitriles is 1. The van der Waals surface area contributed by atoms with E-state index >= 15 is 0 Å². The first-order valence-corrected chi connectivity index (χ1v) is 8.48. The molecule has 2 fully saturated rings. The van der Waals surface area contributed by atoms with Gasteiger partial charge in [-0.25, -0.2) is 0 Å². The van der Waals surface area contributed by atoms with Crippen LogP contribution in [0.15, 0.2) is 24.3 Å². The number of hydrogen-bond donors (Lipinski definition) is 1. The number of carbonyl (C=O) groups excluding carboxylic acids is 3. The topological polar surface area (TPSA) is 93.5 Å². The van der Waals surface area contributed by atoms with Gasteiger partial charge in [0, 0.05) is 37.8 Å². The van der Waals surface area contributed by atoms with Crippen LogP contribution in [-0.2, 0) is 14.4 Å². The average Bonchev–Trinajstić information content (AvgIpc) is 3.08. The van der Waals surface area contributed by atoms with Crippen LogP contribution in [0.3, 0.4) is 0 Å². The van der Waals surface area contributed by atoms with Gasteiger partial charge < -0.3 is 15.1 Å². The van der Waals surface area contributed by atoms with Crippen molar-refractivity contribution in [1.82, 2.24) is 9.80 Å². The SMILES string of the molecule is N#Cc1ccc(NC(=O)C(=O)N2CCC(N3CCCC3=O)CC2)cc1. The minimum absolute atomic E-state index is 0.181. The van der Waals surface area contributed by atoms with E-state index in [0.29, 0.717) is 43.6 Å². The van der Waals surface area contributed by atoms with Crippen LogP contribution in [-0.4, -0.2) is 53.2 Å². The summed E-state index contributed by atoms with van der Waals surface area (Å²) in [5.74, 6) is -1.04. The summed E-state index contributed by atoms with van der Waals surface area (Å²) in [7, 11) is 0. The van der Waals surface area contributed by atoms with Gasteiger partial charge in [-0.2, -0.15) is 5.26 Å². The Labute approximate surface area is 146 Å². The lowest BCUT2D eigenvalue weighted by Gasteiger charge is -2.36. The molecule has 0 unspecified atom stereocenters. The van der Waals surface area contributed by atoms with Gasteiger partial charge in [0.2, 0.25) is 5.91 Å². The quantitative estimate of drug-likeness (QED) is 0.816. The molecule has 3 rings (SSSR count). The van der Waals surface area contributed by atoms with Gasteiger partial charge in [-0.3, -0.25) is 14.4 Å². The first-order valence-electron chi connectivity index (χ1n) is 8.48. The normalized spacial score (nSPS) is 18.1. The highest BCUT2D eigenvalue weighted by Gasteiger charge is 2.33. The smallest absolute Gasteiger partial charge is 0.313 e. The average molecular weight is 340 g/mol. The largest absolute Gasteiger partial charge is 0.340 e. The zero-order chi connectivity index (χ0) is 17.8. The van der Waals surface area contributed by atoms with Crippen molar-refractivity contribution in [2.75, 3.05) is 25.0 Å². The molecule has 7 heteroatoms. The van der Waals surface area contributed by atoms with E-state index in [2.05, 4.69) is 5.32 Å². The maximum absolute atomic E-state index is 12.3. The van der Waals surface area contributed by atoms with Crippen molar-refractivity contribution in [3.8, 4) is 6.07 Å². The fourth-order valence-corrected chi connectivity index (χ4v) is 3.39. The van der Waals surface area contributed by atoms with Gasteiger partial charge in [0.15, 0.2) is 0 Å². The second-order valence-electron chi connectivity index (χ2n) is 6.36. The predicted octanol–water partition coefficient (Wildman–Crippen LogP) is 1.11. The number of carbonyl (C=O) groups is 3. The molecule has 0 atom stereocenters. The lowest BCUT2D eigenvalue weighted by Crippen LogP contribution is -2.49. The van der Waals surface area contributed by atoms with Crippen LogP contribution in [0.1, 0.15) is 31.2 Å². The number of piperidine rings is 1. The molecule has 0 bridgehead atoms. The van der Waals surface area contributed by atoms with Crippen LogP contribution in [0.25, 0.3) is 0 Å².